The lowest BCUT2D eigenvalue weighted by molar-refractivity contribution is -0.387. The molecule has 5 heterocycles. The summed E-state index contributed by atoms with van der Waals surface area (Å²) >= 11 is 8.37. The highest BCUT2D eigenvalue weighted by atomic mass is 35.5. The van der Waals surface area contributed by atoms with E-state index in [2.05, 4.69) is 60.7 Å². The third-order valence-corrected chi connectivity index (χ3v) is 16.6. The number of benzene rings is 4. The number of rotatable bonds is 23. The number of nitro groups is 3. The normalized spacial score (nSPS) is 12.2. The van der Waals surface area contributed by atoms with E-state index in [4.69, 9.17) is 21.1 Å². The molecule has 0 bridgehead atoms. The average molecular weight is 1420 g/mol. The van der Waals surface area contributed by atoms with Crippen LogP contribution in [0.4, 0.5) is 46.0 Å². The van der Waals surface area contributed by atoms with Crippen LogP contribution in [0.3, 0.4) is 0 Å². The number of carbonyl (C=O) groups excluding carboxylic acids is 6. The summed E-state index contributed by atoms with van der Waals surface area (Å²) in [5, 5.41) is 48.8. The predicted octanol–water partition coefficient (Wildman–Crippen LogP) is 12.5. The van der Waals surface area contributed by atoms with E-state index >= 15 is 0 Å². The minimum Gasteiger partial charge on any atom is -0.465 e. The van der Waals surface area contributed by atoms with Crippen LogP contribution in [-0.2, 0) is 33.3 Å². The lowest BCUT2D eigenvalue weighted by Crippen LogP contribution is -2.21. The van der Waals surface area contributed by atoms with E-state index in [1.54, 1.807) is 105 Å². The molecule has 0 spiro atoms. The number of thioether (sulfide) groups is 2. The van der Waals surface area contributed by atoms with Crippen molar-refractivity contribution in [2.45, 2.75) is 68.6 Å². The minimum atomic E-state index is -0.728. The summed E-state index contributed by atoms with van der Waals surface area (Å²) in [4.78, 5) is 129. The molecule has 0 aliphatic carbocycles. The van der Waals surface area contributed by atoms with E-state index in [0.29, 0.717) is 38.7 Å². The number of anilines is 5. The molecular formula is C66H67ClN12O18S2. The number of nitrogens with zero attached hydrogens (tertiary/aromatic N) is 6. The van der Waals surface area contributed by atoms with Gasteiger partial charge in [0.1, 0.15) is 5.02 Å². The van der Waals surface area contributed by atoms with Gasteiger partial charge in [0.05, 0.1) is 118 Å². The molecule has 6 N–H and O–H groups in total. The van der Waals surface area contributed by atoms with Crippen LogP contribution in [-0.4, -0.2) is 117 Å². The van der Waals surface area contributed by atoms with Crippen LogP contribution in [0.1, 0.15) is 122 Å². The van der Waals surface area contributed by atoms with Crippen molar-refractivity contribution in [3.05, 3.63) is 236 Å². The zero-order chi connectivity index (χ0) is 72.5. The van der Waals surface area contributed by atoms with Gasteiger partial charge in [-0.25, -0.2) is 34.1 Å². The smallest absolute Gasteiger partial charge is 0.356 e. The van der Waals surface area contributed by atoms with Crippen molar-refractivity contribution in [2.75, 3.05) is 73.1 Å². The maximum atomic E-state index is 11.6. The van der Waals surface area contributed by atoms with Crippen molar-refractivity contribution in [2.24, 2.45) is 0 Å². The van der Waals surface area contributed by atoms with Crippen LogP contribution in [0.15, 0.2) is 161 Å². The van der Waals surface area contributed by atoms with E-state index in [1.807, 2.05) is 39.0 Å². The Morgan fingerprint density at radius 2 is 0.929 bits per heavy atom. The second-order valence-electron chi connectivity index (χ2n) is 20.7. The number of halogens is 1. The number of fused-ring (bicyclic) bond motifs is 1. The molecule has 0 saturated carbocycles. The van der Waals surface area contributed by atoms with Crippen molar-refractivity contribution in [3.8, 4) is 0 Å². The zero-order valence-corrected chi connectivity index (χ0v) is 56.9. The van der Waals surface area contributed by atoms with Gasteiger partial charge in [-0.1, -0.05) is 60.1 Å². The monoisotopic (exact) mass is 1410 g/mol. The van der Waals surface area contributed by atoms with Crippen LogP contribution >= 0.6 is 35.1 Å². The maximum absolute atomic E-state index is 11.6. The van der Waals surface area contributed by atoms with Gasteiger partial charge in [0, 0.05) is 35.7 Å². The van der Waals surface area contributed by atoms with Crippen molar-refractivity contribution >= 4 is 117 Å². The molecule has 30 nitrogen and oxygen atoms in total. The van der Waals surface area contributed by atoms with E-state index in [0.717, 1.165) is 50.7 Å². The number of H-pyrrole nitrogens is 1. The molecule has 518 valence electrons. The second kappa shape index (κ2) is 37.1. The van der Waals surface area contributed by atoms with Crippen LogP contribution in [0, 0.1) is 30.3 Å². The molecule has 1 aliphatic heterocycles. The highest BCUT2D eigenvalue weighted by molar-refractivity contribution is 8.00. The van der Waals surface area contributed by atoms with Crippen LogP contribution < -0.4 is 32.0 Å². The molecule has 0 radical (unpaired) electrons. The quantitative estimate of drug-likeness (QED) is 0.0114. The van der Waals surface area contributed by atoms with Crippen molar-refractivity contribution in [1.82, 2.24) is 19.9 Å². The number of methoxy groups -OCH3 is 4. The maximum Gasteiger partial charge on any atom is 0.356 e. The Bertz CT molecular complexity index is 4270. The summed E-state index contributed by atoms with van der Waals surface area (Å²) < 4.78 is 23.5. The molecule has 33 heteroatoms. The molecule has 0 fully saturated rings. The Labute approximate surface area is 579 Å². The van der Waals surface area contributed by atoms with Crippen molar-refractivity contribution in [3.63, 3.8) is 0 Å². The molecule has 4 aromatic carbocycles. The van der Waals surface area contributed by atoms with Crippen molar-refractivity contribution in [1.29, 1.82) is 0 Å². The number of amides is 1. The second-order valence-corrected chi connectivity index (χ2v) is 23.2. The van der Waals surface area contributed by atoms with Crippen LogP contribution in [0.25, 0.3) is 0 Å². The average Bonchev–Trinajstić information content (AvgIpc) is 0.835. The number of aromatic amines is 1. The third kappa shape index (κ3) is 21.5. The van der Waals surface area contributed by atoms with E-state index < -0.39 is 49.8 Å². The first-order valence-corrected chi connectivity index (χ1v) is 32.0. The standard InChI is InChI=1S/C19H21N3O6S.C17H17N3O3S.C15H14ClN3O4.C15H15N3O5/c1-4-28-16(23)11-29-15-9-10-20-18(17(15)22(25)26)21-12(2)13-5-7-14(8-6-13)19(24)27-3;1-10(11-3-5-12(6-4-11)17(22)23-2)19-16-15-13(7-8-18-16)24-9-14(21)20-15;1-9(10-3-5-11(6-4-10)15(20)23-2)18-14-13(19(21)22)12(16)7-8-17-14;1-9(10-3-5-11(6-4-10)15(20)23-2)17-14-13(18(21)22)12(19)7-8-16-14/h5-10,12H,4,11H2,1-3H3,(H,20,21);3-8,10H,9H2,1-2H3,(H,18,19)(H,20,21);3-9H,1-2H3,(H,17,18);3-9H,1-2H3,(H2,16,17,19)/t12-;10-;2*9-/m0000/s1. The fourth-order valence-corrected chi connectivity index (χ4v) is 10.9. The van der Waals surface area contributed by atoms with Gasteiger partial charge in [0.2, 0.25) is 17.5 Å². The number of carbonyl (C=O) groups is 6. The fraction of sp³-hybridized carbons (Fsp3) is 0.242. The summed E-state index contributed by atoms with van der Waals surface area (Å²) in [6, 6.07) is 32.1. The topological polar surface area (TPSA) is 410 Å². The van der Waals surface area contributed by atoms with Gasteiger partial charge in [0.15, 0.2) is 11.6 Å². The molecule has 99 heavy (non-hydrogen) atoms. The van der Waals surface area contributed by atoms with Crippen LogP contribution in [0.5, 0.6) is 0 Å². The summed E-state index contributed by atoms with van der Waals surface area (Å²) in [5.41, 5.74) is 4.19. The lowest BCUT2D eigenvalue weighted by atomic mass is 10.1. The highest BCUT2D eigenvalue weighted by Gasteiger charge is 2.27. The number of nitrogens with one attached hydrogen (secondary N) is 6. The largest absolute Gasteiger partial charge is 0.465 e. The molecule has 1 aliphatic rings. The van der Waals surface area contributed by atoms with Gasteiger partial charge in [-0.3, -0.25) is 44.7 Å². The predicted molar refractivity (Wildman–Crippen MR) is 371 cm³/mol. The third-order valence-electron chi connectivity index (χ3n) is 14.2. The Kier molecular flexibility index (Phi) is 28.7. The minimum absolute atomic E-state index is 0.0146. The summed E-state index contributed by atoms with van der Waals surface area (Å²) in [6.07, 6.45) is 5.89. The molecule has 8 aromatic rings. The Morgan fingerprint density at radius 1 is 0.545 bits per heavy atom. The summed E-state index contributed by atoms with van der Waals surface area (Å²) in [7, 11) is 5.27. The van der Waals surface area contributed by atoms with Gasteiger partial charge in [-0.15, -0.1) is 23.5 Å². The molecule has 9 rings (SSSR count). The molecule has 0 saturated heterocycles. The highest BCUT2D eigenvalue weighted by Crippen LogP contribution is 2.39. The van der Waals surface area contributed by atoms with Gasteiger partial charge in [-0.05, 0) is 124 Å². The van der Waals surface area contributed by atoms with Gasteiger partial charge in [0.25, 0.3) is 5.43 Å². The Morgan fingerprint density at radius 3 is 1.34 bits per heavy atom. The number of pyridine rings is 4. The number of hydrogen-bond donors (Lipinski definition) is 6. The summed E-state index contributed by atoms with van der Waals surface area (Å²) in [6.45, 7) is 9.35. The molecular weight excluding hydrogens is 1350 g/mol. The first-order valence-electron chi connectivity index (χ1n) is 29.6. The van der Waals surface area contributed by atoms with E-state index in [-0.39, 0.29) is 82.3 Å². The van der Waals surface area contributed by atoms with E-state index in [9.17, 15) is 63.9 Å². The van der Waals surface area contributed by atoms with Crippen LogP contribution in [0.2, 0.25) is 5.02 Å². The number of aromatic nitrogens is 4. The molecule has 0 unspecified atom stereocenters. The Hall–Kier alpha value is -11.5. The van der Waals surface area contributed by atoms with Gasteiger partial charge >= 0.3 is 46.9 Å². The van der Waals surface area contributed by atoms with Gasteiger partial charge < -0.3 is 55.3 Å². The summed E-state index contributed by atoms with van der Waals surface area (Å²) in [5.74, 6) is -0.921. The first kappa shape index (κ1) is 76.5. The van der Waals surface area contributed by atoms with E-state index in [1.165, 1.54) is 70.9 Å². The first-order chi connectivity index (χ1) is 47.3. The molecule has 4 aromatic heterocycles. The zero-order valence-electron chi connectivity index (χ0n) is 54.5. The van der Waals surface area contributed by atoms with Gasteiger partial charge in [-0.2, -0.15) is 0 Å². The number of esters is 5. The Balaban J connectivity index is 0.000000209. The molecule has 4 atom stereocenters. The molecule has 1 amide bonds. The fourth-order valence-electron chi connectivity index (χ4n) is 9.03. The number of ether oxygens (including phenoxy) is 5. The number of hydrogen-bond acceptors (Lipinski definition) is 27. The lowest BCUT2D eigenvalue weighted by Gasteiger charge is -2.22. The van der Waals surface area contributed by atoms with Crippen molar-refractivity contribution < 1.29 is 67.2 Å². The SMILES string of the molecule is CCOC(=O)CSc1ccnc(N[C@@H](C)c2ccc(C(=O)OC)cc2)c1[N+](=O)[O-].COC(=O)c1ccc([C@H](C)Nc2[nH]ccc(=O)c2[N+](=O)[O-])cc1.COC(=O)c1ccc([C@H](C)Nc2nccc(Cl)c2[N+](=O)[O-])cc1.COC(=O)c1ccc([C@H](C)Nc2nccc3c2NC(=O)CS3)cc1.